The van der Waals surface area contributed by atoms with Gasteiger partial charge in [0.15, 0.2) is 0 Å². The van der Waals surface area contributed by atoms with Crippen LogP contribution < -0.4 is 10.0 Å². The summed E-state index contributed by atoms with van der Waals surface area (Å²) in [7, 11) is -2.05. The molecule has 6 nitrogen and oxygen atoms in total. The van der Waals surface area contributed by atoms with Gasteiger partial charge in [0.05, 0.1) is 11.5 Å². The van der Waals surface area contributed by atoms with Crippen molar-refractivity contribution in [1.29, 1.82) is 0 Å². The highest BCUT2D eigenvalue weighted by Gasteiger charge is 2.23. The number of hydrogen-bond acceptors (Lipinski definition) is 4. The SMILES string of the molecule is COCc1ccc(CNC(=O)CCNS(=O)(=O)c2c(C)c(C)c(C)c(C)c2C)cc1. The number of methoxy groups -OCH3 is 1. The third-order valence-electron chi connectivity index (χ3n) is 5.67. The maximum atomic E-state index is 12.9. The molecular weight excluding hydrogens is 400 g/mol. The van der Waals surface area contributed by atoms with E-state index in [-0.39, 0.29) is 18.9 Å². The lowest BCUT2D eigenvalue weighted by atomic mass is 9.95. The van der Waals surface area contributed by atoms with Crippen molar-refractivity contribution in [2.24, 2.45) is 0 Å². The number of ether oxygens (including phenoxy) is 1. The van der Waals surface area contributed by atoms with Crippen LogP contribution in [0, 0.1) is 34.6 Å². The Morgan fingerprint density at radius 2 is 1.37 bits per heavy atom. The average Bonchev–Trinajstić information content (AvgIpc) is 2.70. The first kappa shape index (κ1) is 24.1. The summed E-state index contributed by atoms with van der Waals surface area (Å²) in [4.78, 5) is 12.4. The number of sulfonamides is 1. The lowest BCUT2D eigenvalue weighted by Gasteiger charge is -2.19. The van der Waals surface area contributed by atoms with Gasteiger partial charge >= 0.3 is 0 Å². The molecule has 0 aliphatic carbocycles. The molecule has 0 fully saturated rings. The summed E-state index contributed by atoms with van der Waals surface area (Å²) in [6.45, 7) is 10.5. The number of amides is 1. The molecule has 164 valence electrons. The van der Waals surface area contributed by atoms with E-state index < -0.39 is 10.0 Å². The zero-order valence-corrected chi connectivity index (χ0v) is 19.5. The van der Waals surface area contributed by atoms with Crippen molar-refractivity contribution < 1.29 is 17.9 Å². The van der Waals surface area contributed by atoms with Crippen LogP contribution in [0.25, 0.3) is 0 Å². The maximum absolute atomic E-state index is 12.9. The van der Waals surface area contributed by atoms with Gasteiger partial charge in [-0.2, -0.15) is 0 Å². The molecule has 0 spiro atoms. The van der Waals surface area contributed by atoms with Crippen molar-refractivity contribution in [3.8, 4) is 0 Å². The molecule has 0 heterocycles. The zero-order chi connectivity index (χ0) is 22.5. The van der Waals surface area contributed by atoms with Gasteiger partial charge in [-0.1, -0.05) is 24.3 Å². The second-order valence-electron chi connectivity index (χ2n) is 7.63. The van der Waals surface area contributed by atoms with E-state index >= 15 is 0 Å². The average molecular weight is 433 g/mol. The fraction of sp³-hybridized carbons (Fsp3) is 0.435. The highest BCUT2D eigenvalue weighted by Crippen LogP contribution is 2.29. The van der Waals surface area contributed by atoms with E-state index in [0.29, 0.717) is 18.0 Å². The molecule has 7 heteroatoms. The Morgan fingerprint density at radius 1 is 0.867 bits per heavy atom. The molecule has 0 unspecified atom stereocenters. The topological polar surface area (TPSA) is 84.5 Å². The molecule has 0 radical (unpaired) electrons. The van der Waals surface area contributed by atoms with Gasteiger partial charge in [-0.05, 0) is 73.6 Å². The minimum Gasteiger partial charge on any atom is -0.380 e. The maximum Gasteiger partial charge on any atom is 0.241 e. The molecule has 0 saturated heterocycles. The monoisotopic (exact) mass is 432 g/mol. The fourth-order valence-corrected chi connectivity index (χ4v) is 5.08. The number of carbonyl (C=O) groups is 1. The molecule has 2 aromatic carbocycles. The van der Waals surface area contributed by atoms with Crippen LogP contribution in [0.15, 0.2) is 29.2 Å². The van der Waals surface area contributed by atoms with Crippen molar-refractivity contribution in [2.75, 3.05) is 13.7 Å². The number of hydrogen-bond donors (Lipinski definition) is 2. The van der Waals surface area contributed by atoms with Crippen LogP contribution in [0.3, 0.4) is 0 Å². The molecule has 0 aromatic heterocycles. The lowest BCUT2D eigenvalue weighted by molar-refractivity contribution is -0.121. The predicted octanol–water partition coefficient (Wildman–Crippen LogP) is 3.36. The van der Waals surface area contributed by atoms with Gasteiger partial charge < -0.3 is 10.1 Å². The van der Waals surface area contributed by atoms with E-state index in [1.807, 2.05) is 58.9 Å². The van der Waals surface area contributed by atoms with Crippen LogP contribution in [0.1, 0.15) is 45.4 Å². The van der Waals surface area contributed by atoms with Gasteiger partial charge in [-0.25, -0.2) is 13.1 Å². The fourth-order valence-electron chi connectivity index (χ4n) is 3.45. The summed E-state index contributed by atoms with van der Waals surface area (Å²) in [5, 5.41) is 2.82. The van der Waals surface area contributed by atoms with Crippen LogP contribution >= 0.6 is 0 Å². The van der Waals surface area contributed by atoms with Crippen molar-refractivity contribution in [3.63, 3.8) is 0 Å². The molecule has 2 rings (SSSR count). The molecule has 0 aliphatic heterocycles. The standard InChI is InChI=1S/C23H32N2O4S/c1-15-16(2)18(4)23(19(5)17(15)3)30(27,28)25-12-11-22(26)24-13-20-7-9-21(10-8-20)14-29-6/h7-10,25H,11-14H2,1-6H3,(H,24,26). The van der Waals surface area contributed by atoms with Crippen molar-refractivity contribution >= 4 is 15.9 Å². The number of benzene rings is 2. The van der Waals surface area contributed by atoms with E-state index in [4.69, 9.17) is 4.74 Å². The highest BCUT2D eigenvalue weighted by atomic mass is 32.2. The molecular formula is C23H32N2O4S. The Balaban J connectivity index is 1.94. The minimum atomic E-state index is -3.70. The van der Waals surface area contributed by atoms with E-state index in [1.54, 1.807) is 7.11 Å². The second-order valence-corrected chi connectivity index (χ2v) is 9.33. The first-order chi connectivity index (χ1) is 14.1. The van der Waals surface area contributed by atoms with E-state index in [2.05, 4.69) is 10.0 Å². The van der Waals surface area contributed by atoms with E-state index in [9.17, 15) is 13.2 Å². The summed E-state index contributed by atoms with van der Waals surface area (Å²) in [5.74, 6) is -0.205. The van der Waals surface area contributed by atoms with Gasteiger partial charge in [-0.15, -0.1) is 0 Å². The first-order valence-electron chi connectivity index (χ1n) is 9.98. The van der Waals surface area contributed by atoms with Crippen molar-refractivity contribution in [1.82, 2.24) is 10.0 Å². The molecule has 0 aliphatic rings. The molecule has 2 aromatic rings. The molecule has 0 saturated carbocycles. The number of rotatable bonds is 9. The molecule has 0 bridgehead atoms. The normalized spacial score (nSPS) is 11.5. The van der Waals surface area contributed by atoms with E-state index in [0.717, 1.165) is 38.9 Å². The molecule has 30 heavy (non-hydrogen) atoms. The predicted molar refractivity (Wildman–Crippen MR) is 119 cm³/mol. The van der Waals surface area contributed by atoms with Crippen molar-refractivity contribution in [2.45, 2.75) is 59.1 Å². The van der Waals surface area contributed by atoms with Crippen LogP contribution in [0.5, 0.6) is 0 Å². The van der Waals surface area contributed by atoms with Gasteiger partial charge in [0.2, 0.25) is 15.9 Å². The summed E-state index contributed by atoms with van der Waals surface area (Å²) in [5.41, 5.74) is 6.61. The summed E-state index contributed by atoms with van der Waals surface area (Å²) in [6.07, 6.45) is 0.0723. The largest absolute Gasteiger partial charge is 0.380 e. The van der Waals surface area contributed by atoms with Gasteiger partial charge in [0.25, 0.3) is 0 Å². The Labute approximate surface area is 180 Å². The van der Waals surface area contributed by atoms with Gasteiger partial charge in [0, 0.05) is 26.6 Å². The van der Waals surface area contributed by atoms with E-state index in [1.165, 1.54) is 0 Å². The van der Waals surface area contributed by atoms with Crippen LogP contribution in [-0.4, -0.2) is 28.0 Å². The Bertz CT molecular complexity index is 983. The van der Waals surface area contributed by atoms with Crippen molar-refractivity contribution in [3.05, 3.63) is 63.2 Å². The number of nitrogens with one attached hydrogen (secondary N) is 2. The number of carbonyl (C=O) groups excluding carboxylic acids is 1. The second kappa shape index (κ2) is 10.2. The minimum absolute atomic E-state index is 0.0474. The Hall–Kier alpha value is -2.22. The zero-order valence-electron chi connectivity index (χ0n) is 18.7. The Morgan fingerprint density at radius 3 is 1.90 bits per heavy atom. The van der Waals surface area contributed by atoms with Crippen LogP contribution in [0.2, 0.25) is 0 Å². The molecule has 0 atom stereocenters. The summed E-state index contributed by atoms with van der Waals surface area (Å²) < 4.78 is 33.4. The summed E-state index contributed by atoms with van der Waals surface area (Å²) in [6, 6.07) is 7.78. The summed E-state index contributed by atoms with van der Waals surface area (Å²) >= 11 is 0. The highest BCUT2D eigenvalue weighted by molar-refractivity contribution is 7.89. The van der Waals surface area contributed by atoms with Gasteiger partial charge in [0.1, 0.15) is 0 Å². The smallest absolute Gasteiger partial charge is 0.241 e. The van der Waals surface area contributed by atoms with Crippen LogP contribution in [-0.2, 0) is 32.7 Å². The lowest BCUT2D eigenvalue weighted by Crippen LogP contribution is -2.31. The first-order valence-corrected chi connectivity index (χ1v) is 11.5. The molecule has 2 N–H and O–H groups in total. The molecule has 1 amide bonds. The van der Waals surface area contributed by atoms with Crippen LogP contribution in [0.4, 0.5) is 0 Å². The quantitative estimate of drug-likeness (QED) is 0.636. The van der Waals surface area contributed by atoms with Gasteiger partial charge in [-0.3, -0.25) is 4.79 Å². The third-order valence-corrected chi connectivity index (χ3v) is 7.40. The Kier molecular flexibility index (Phi) is 8.18. The third kappa shape index (κ3) is 5.68.